The van der Waals surface area contributed by atoms with Crippen molar-refractivity contribution in [3.8, 4) is 11.1 Å². The van der Waals surface area contributed by atoms with Crippen LogP contribution in [0, 0.1) is 0 Å². The molecule has 0 fully saturated rings. The third-order valence-electron chi connectivity index (χ3n) is 3.07. The highest BCUT2D eigenvalue weighted by molar-refractivity contribution is 6.33. The number of alkyl halides is 3. The second kappa shape index (κ2) is 5.98. The smallest absolute Gasteiger partial charge is 0.417 e. The number of carbonyl (C=O) groups is 1. The molecule has 3 nitrogen and oxygen atoms in total. The molecule has 2 aromatic carbocycles. The van der Waals surface area contributed by atoms with Crippen molar-refractivity contribution in [3.05, 3.63) is 58.6 Å². The van der Waals surface area contributed by atoms with Crippen LogP contribution >= 0.6 is 11.6 Å². The Hall–Kier alpha value is -2.05. The van der Waals surface area contributed by atoms with E-state index in [1.165, 1.54) is 30.3 Å². The van der Waals surface area contributed by atoms with Crippen LogP contribution in [0.15, 0.2) is 42.5 Å². The summed E-state index contributed by atoms with van der Waals surface area (Å²) in [6, 6.07) is 8.55. The molecule has 0 bridgehead atoms. The molecular weight excluding hydrogens is 321 g/mol. The molecule has 1 atom stereocenters. The molecule has 2 aromatic rings. The quantitative estimate of drug-likeness (QED) is 0.889. The Bertz CT molecular complexity index is 713. The summed E-state index contributed by atoms with van der Waals surface area (Å²) in [5.41, 5.74) is -0.860. The van der Waals surface area contributed by atoms with Gasteiger partial charge in [-0.25, -0.2) is 4.79 Å². The zero-order chi connectivity index (χ0) is 16.5. The van der Waals surface area contributed by atoms with E-state index in [2.05, 4.69) is 0 Å². The molecule has 0 aliphatic carbocycles. The van der Waals surface area contributed by atoms with Crippen molar-refractivity contribution >= 4 is 17.6 Å². The van der Waals surface area contributed by atoms with E-state index in [-0.39, 0.29) is 21.7 Å². The Morgan fingerprint density at radius 2 is 1.73 bits per heavy atom. The number of hydrogen-bond donors (Lipinski definition) is 2. The van der Waals surface area contributed by atoms with Gasteiger partial charge in [0.25, 0.3) is 0 Å². The van der Waals surface area contributed by atoms with Gasteiger partial charge in [-0.05, 0) is 23.3 Å². The number of halogens is 4. The van der Waals surface area contributed by atoms with Crippen molar-refractivity contribution in [1.82, 2.24) is 0 Å². The van der Waals surface area contributed by atoms with E-state index in [4.69, 9.17) is 16.7 Å². The van der Waals surface area contributed by atoms with E-state index in [9.17, 15) is 23.1 Å². The first-order valence-corrected chi connectivity index (χ1v) is 6.46. The number of carboxylic acid groups (broad SMARTS) is 1. The Morgan fingerprint density at radius 1 is 1.09 bits per heavy atom. The first-order chi connectivity index (χ1) is 10.2. The summed E-state index contributed by atoms with van der Waals surface area (Å²) >= 11 is 5.96. The van der Waals surface area contributed by atoms with Gasteiger partial charge in [0.1, 0.15) is 0 Å². The minimum Gasteiger partial charge on any atom is -0.479 e. The van der Waals surface area contributed by atoms with E-state index < -0.39 is 23.8 Å². The lowest BCUT2D eigenvalue weighted by Gasteiger charge is -2.15. The van der Waals surface area contributed by atoms with Crippen LogP contribution in [0.2, 0.25) is 5.02 Å². The second-order valence-corrected chi connectivity index (χ2v) is 4.93. The number of aliphatic carboxylic acids is 1. The number of rotatable bonds is 3. The predicted molar refractivity (Wildman–Crippen MR) is 74.5 cm³/mol. The molecule has 1 unspecified atom stereocenters. The molecule has 0 amide bonds. The van der Waals surface area contributed by atoms with Crippen LogP contribution in [0.25, 0.3) is 11.1 Å². The van der Waals surface area contributed by atoms with Crippen molar-refractivity contribution in [2.45, 2.75) is 12.3 Å². The van der Waals surface area contributed by atoms with Crippen LogP contribution in [0.4, 0.5) is 13.2 Å². The predicted octanol–water partition coefficient (Wildman–Crippen LogP) is 4.14. The summed E-state index contributed by atoms with van der Waals surface area (Å²) in [5, 5.41) is 18.1. The molecule has 0 heterocycles. The molecule has 0 spiro atoms. The monoisotopic (exact) mass is 330 g/mol. The van der Waals surface area contributed by atoms with E-state index in [1.54, 1.807) is 0 Å². The van der Waals surface area contributed by atoms with Crippen molar-refractivity contribution in [2.75, 3.05) is 0 Å². The number of benzene rings is 2. The fourth-order valence-corrected chi connectivity index (χ4v) is 2.32. The molecule has 0 saturated heterocycles. The normalized spacial score (nSPS) is 13.0. The Morgan fingerprint density at radius 3 is 2.27 bits per heavy atom. The van der Waals surface area contributed by atoms with Gasteiger partial charge in [0.2, 0.25) is 0 Å². The lowest BCUT2D eigenvalue weighted by atomic mass is 9.97. The maximum absolute atomic E-state index is 13.0. The molecule has 0 aliphatic rings. The third-order valence-corrected chi connectivity index (χ3v) is 3.38. The lowest BCUT2D eigenvalue weighted by molar-refractivity contribution is -0.147. The van der Waals surface area contributed by atoms with Crippen molar-refractivity contribution in [3.63, 3.8) is 0 Å². The standard InChI is InChI=1S/C15H10ClF3O3/c16-12-7-8(13(20)14(21)22)5-6-10(12)9-3-1-2-4-11(9)15(17,18)19/h1-7,13,20H,(H,21,22). The zero-order valence-corrected chi connectivity index (χ0v) is 11.7. The van der Waals surface area contributed by atoms with Gasteiger partial charge >= 0.3 is 12.1 Å². The lowest BCUT2D eigenvalue weighted by Crippen LogP contribution is -2.10. The van der Waals surface area contributed by atoms with Crippen LogP contribution in [0.3, 0.4) is 0 Å². The van der Waals surface area contributed by atoms with Crippen LogP contribution in [-0.2, 0) is 11.0 Å². The van der Waals surface area contributed by atoms with Crippen molar-refractivity contribution in [2.24, 2.45) is 0 Å². The molecule has 2 rings (SSSR count). The Kier molecular flexibility index (Phi) is 4.44. The molecule has 0 aliphatic heterocycles. The van der Waals surface area contributed by atoms with Gasteiger partial charge in [0.05, 0.1) is 5.56 Å². The molecule has 116 valence electrons. The Balaban J connectivity index is 2.54. The van der Waals surface area contributed by atoms with Crippen molar-refractivity contribution in [1.29, 1.82) is 0 Å². The van der Waals surface area contributed by atoms with Gasteiger partial charge in [-0.3, -0.25) is 0 Å². The van der Waals surface area contributed by atoms with Crippen LogP contribution in [0.5, 0.6) is 0 Å². The molecule has 0 saturated carbocycles. The summed E-state index contributed by atoms with van der Waals surface area (Å²) in [7, 11) is 0. The zero-order valence-electron chi connectivity index (χ0n) is 10.9. The van der Waals surface area contributed by atoms with Gasteiger partial charge in [-0.15, -0.1) is 0 Å². The molecule has 7 heteroatoms. The first-order valence-electron chi connectivity index (χ1n) is 6.08. The van der Waals surface area contributed by atoms with Crippen LogP contribution < -0.4 is 0 Å². The Labute approximate surface area is 128 Å². The minimum absolute atomic E-state index is 0.00857. The highest BCUT2D eigenvalue weighted by Gasteiger charge is 2.33. The SMILES string of the molecule is O=C(O)C(O)c1ccc(-c2ccccc2C(F)(F)F)c(Cl)c1. The highest BCUT2D eigenvalue weighted by atomic mass is 35.5. The number of aliphatic hydroxyl groups is 1. The van der Waals surface area contributed by atoms with E-state index in [0.29, 0.717) is 0 Å². The topological polar surface area (TPSA) is 57.5 Å². The first kappa shape index (κ1) is 16.3. The summed E-state index contributed by atoms with van der Waals surface area (Å²) in [6.07, 6.45) is -6.33. The summed E-state index contributed by atoms with van der Waals surface area (Å²) in [6.45, 7) is 0. The molecular formula is C15H10ClF3O3. The summed E-state index contributed by atoms with van der Waals surface area (Å²) < 4.78 is 39.1. The van der Waals surface area contributed by atoms with E-state index in [1.807, 2.05) is 0 Å². The van der Waals surface area contributed by atoms with Crippen LogP contribution in [0.1, 0.15) is 17.2 Å². The largest absolute Gasteiger partial charge is 0.479 e. The summed E-state index contributed by atoms with van der Waals surface area (Å²) in [4.78, 5) is 10.7. The summed E-state index contributed by atoms with van der Waals surface area (Å²) in [5.74, 6) is -1.47. The maximum atomic E-state index is 13.0. The number of hydrogen-bond acceptors (Lipinski definition) is 2. The van der Waals surface area contributed by atoms with Gasteiger partial charge < -0.3 is 10.2 Å². The van der Waals surface area contributed by atoms with Gasteiger partial charge in [0, 0.05) is 10.6 Å². The minimum atomic E-state index is -4.54. The maximum Gasteiger partial charge on any atom is 0.417 e. The number of carboxylic acids is 1. The average Bonchev–Trinajstić information content (AvgIpc) is 2.45. The second-order valence-electron chi connectivity index (χ2n) is 4.52. The van der Waals surface area contributed by atoms with Crippen molar-refractivity contribution < 1.29 is 28.2 Å². The number of aliphatic hydroxyl groups excluding tert-OH is 1. The average molecular weight is 331 g/mol. The van der Waals surface area contributed by atoms with E-state index in [0.717, 1.165) is 12.1 Å². The van der Waals surface area contributed by atoms with Gasteiger partial charge in [-0.1, -0.05) is 41.9 Å². The van der Waals surface area contributed by atoms with E-state index >= 15 is 0 Å². The molecule has 0 radical (unpaired) electrons. The molecule has 22 heavy (non-hydrogen) atoms. The fraction of sp³-hybridized carbons (Fsp3) is 0.133. The molecule has 2 N–H and O–H groups in total. The third kappa shape index (κ3) is 3.23. The van der Waals surface area contributed by atoms with Gasteiger partial charge in [-0.2, -0.15) is 13.2 Å². The van der Waals surface area contributed by atoms with Crippen LogP contribution in [-0.4, -0.2) is 16.2 Å². The molecule has 0 aromatic heterocycles. The highest BCUT2D eigenvalue weighted by Crippen LogP contribution is 2.39. The fourth-order valence-electron chi connectivity index (χ4n) is 2.03. The van der Waals surface area contributed by atoms with Gasteiger partial charge in [0.15, 0.2) is 6.10 Å².